The summed E-state index contributed by atoms with van der Waals surface area (Å²) < 4.78 is 1.53. The van der Waals surface area contributed by atoms with Crippen molar-refractivity contribution in [3.8, 4) is 0 Å². The third-order valence-corrected chi connectivity index (χ3v) is 2.17. The average Bonchev–Trinajstić information content (AvgIpc) is 2.65. The van der Waals surface area contributed by atoms with Crippen LogP contribution in [-0.4, -0.2) is 38.9 Å². The van der Waals surface area contributed by atoms with Gasteiger partial charge in [0.25, 0.3) is 5.91 Å². The van der Waals surface area contributed by atoms with Crippen LogP contribution in [0, 0.1) is 0 Å². The fraction of sp³-hybridized carbons (Fsp3) is 0.444. The molecule has 0 saturated heterocycles. The summed E-state index contributed by atoms with van der Waals surface area (Å²) in [5, 5.41) is 7.52. The first-order chi connectivity index (χ1) is 6.77. The fourth-order valence-corrected chi connectivity index (χ4v) is 1.43. The smallest absolute Gasteiger partial charge is 0.276 e. The molecule has 0 fully saturated rings. The van der Waals surface area contributed by atoms with Gasteiger partial charge in [-0.25, -0.2) is 0 Å². The zero-order valence-corrected chi connectivity index (χ0v) is 8.05. The molecule has 1 aromatic rings. The topological polar surface area (TPSA) is 51.0 Å². The van der Waals surface area contributed by atoms with Crippen molar-refractivity contribution in [2.24, 2.45) is 7.05 Å². The quantitative estimate of drug-likeness (QED) is 0.598. The van der Waals surface area contributed by atoms with Crippen molar-refractivity contribution < 1.29 is 4.79 Å². The van der Waals surface area contributed by atoms with Gasteiger partial charge in [0.15, 0.2) is 5.69 Å². The normalized spacial score (nSPS) is 15.9. The summed E-state index contributed by atoms with van der Waals surface area (Å²) in [6, 6.07) is 0. The summed E-state index contributed by atoms with van der Waals surface area (Å²) in [5.41, 5.74) is 0.419. The van der Waals surface area contributed by atoms with Gasteiger partial charge in [-0.2, -0.15) is 0 Å². The largest absolute Gasteiger partial charge is 0.333 e. The first-order valence-electron chi connectivity index (χ1n) is 4.58. The Hall–Kier alpha value is -1.65. The van der Waals surface area contributed by atoms with Crippen molar-refractivity contribution in [2.45, 2.75) is 6.42 Å². The SMILES string of the molecule is Cn1cc(C(=O)N2CC=CCC2)nn1. The van der Waals surface area contributed by atoms with E-state index < -0.39 is 0 Å². The summed E-state index contributed by atoms with van der Waals surface area (Å²) in [6.07, 6.45) is 6.64. The fourth-order valence-electron chi connectivity index (χ4n) is 1.43. The van der Waals surface area contributed by atoms with E-state index >= 15 is 0 Å². The van der Waals surface area contributed by atoms with E-state index in [-0.39, 0.29) is 5.91 Å². The van der Waals surface area contributed by atoms with Crippen LogP contribution in [0.2, 0.25) is 0 Å². The van der Waals surface area contributed by atoms with Crippen molar-refractivity contribution in [3.05, 3.63) is 24.0 Å². The predicted octanol–water partition coefficient (Wildman–Crippen LogP) is 0.217. The number of carbonyl (C=O) groups excluding carboxylic acids is 1. The minimum Gasteiger partial charge on any atom is -0.333 e. The Morgan fingerprint density at radius 2 is 2.36 bits per heavy atom. The van der Waals surface area contributed by atoms with E-state index in [4.69, 9.17) is 0 Å². The van der Waals surface area contributed by atoms with Crippen LogP contribution < -0.4 is 0 Å². The van der Waals surface area contributed by atoms with Gasteiger partial charge in [0.1, 0.15) is 0 Å². The van der Waals surface area contributed by atoms with Crippen molar-refractivity contribution in [1.82, 2.24) is 19.9 Å². The number of carbonyl (C=O) groups is 1. The van der Waals surface area contributed by atoms with E-state index in [1.165, 1.54) is 4.68 Å². The van der Waals surface area contributed by atoms with Gasteiger partial charge >= 0.3 is 0 Å². The van der Waals surface area contributed by atoms with Gasteiger partial charge in [-0.15, -0.1) is 5.10 Å². The highest BCUT2D eigenvalue weighted by Gasteiger charge is 2.18. The molecule has 0 spiro atoms. The number of rotatable bonds is 1. The number of aromatic nitrogens is 3. The van der Waals surface area contributed by atoms with Crippen LogP contribution in [0.4, 0.5) is 0 Å². The first kappa shape index (κ1) is 8.93. The second-order valence-electron chi connectivity index (χ2n) is 3.29. The molecule has 0 atom stereocenters. The van der Waals surface area contributed by atoms with Crippen molar-refractivity contribution in [2.75, 3.05) is 13.1 Å². The van der Waals surface area contributed by atoms with Crippen LogP contribution in [-0.2, 0) is 7.05 Å². The molecule has 0 N–H and O–H groups in total. The molecule has 74 valence electrons. The Morgan fingerprint density at radius 1 is 1.50 bits per heavy atom. The lowest BCUT2D eigenvalue weighted by atomic mass is 10.2. The van der Waals surface area contributed by atoms with E-state index in [1.54, 1.807) is 18.1 Å². The molecule has 0 aliphatic carbocycles. The molecular formula is C9H12N4O. The maximum Gasteiger partial charge on any atom is 0.276 e. The van der Waals surface area contributed by atoms with Crippen LogP contribution in [0.15, 0.2) is 18.3 Å². The van der Waals surface area contributed by atoms with Gasteiger partial charge in [-0.1, -0.05) is 17.4 Å². The molecule has 1 aromatic heterocycles. The summed E-state index contributed by atoms with van der Waals surface area (Å²) in [7, 11) is 1.75. The third kappa shape index (κ3) is 1.66. The maximum absolute atomic E-state index is 11.8. The lowest BCUT2D eigenvalue weighted by Gasteiger charge is -2.21. The second kappa shape index (κ2) is 3.61. The van der Waals surface area contributed by atoms with Crippen LogP contribution in [0.25, 0.3) is 0 Å². The van der Waals surface area contributed by atoms with E-state index in [0.29, 0.717) is 12.2 Å². The molecule has 1 aliphatic heterocycles. The van der Waals surface area contributed by atoms with Gasteiger partial charge in [-0.05, 0) is 6.42 Å². The van der Waals surface area contributed by atoms with E-state index in [1.807, 2.05) is 6.08 Å². The third-order valence-electron chi connectivity index (χ3n) is 2.17. The van der Waals surface area contributed by atoms with Gasteiger partial charge in [0.05, 0.1) is 6.20 Å². The molecule has 0 bridgehead atoms. The molecule has 1 aliphatic rings. The zero-order valence-electron chi connectivity index (χ0n) is 8.05. The summed E-state index contributed by atoms with van der Waals surface area (Å²) in [5.74, 6) is -0.0394. The molecule has 5 nitrogen and oxygen atoms in total. The maximum atomic E-state index is 11.8. The molecule has 2 rings (SSSR count). The Morgan fingerprint density at radius 3 is 2.93 bits per heavy atom. The van der Waals surface area contributed by atoms with Crippen molar-refractivity contribution in [3.63, 3.8) is 0 Å². The number of hydrogen-bond acceptors (Lipinski definition) is 3. The lowest BCUT2D eigenvalue weighted by molar-refractivity contribution is 0.0765. The minimum atomic E-state index is -0.0394. The molecule has 0 saturated carbocycles. The molecule has 0 aromatic carbocycles. The van der Waals surface area contributed by atoms with Gasteiger partial charge in [0, 0.05) is 20.1 Å². The highest BCUT2D eigenvalue weighted by atomic mass is 16.2. The second-order valence-corrected chi connectivity index (χ2v) is 3.29. The Balaban J connectivity index is 2.11. The number of aryl methyl sites for hydroxylation is 1. The highest BCUT2D eigenvalue weighted by Crippen LogP contribution is 2.05. The lowest BCUT2D eigenvalue weighted by Crippen LogP contribution is -2.33. The van der Waals surface area contributed by atoms with Gasteiger partial charge < -0.3 is 4.90 Å². The Bertz CT molecular complexity index is 369. The zero-order chi connectivity index (χ0) is 9.97. The average molecular weight is 192 g/mol. The van der Waals surface area contributed by atoms with Crippen LogP contribution >= 0.6 is 0 Å². The monoisotopic (exact) mass is 192 g/mol. The van der Waals surface area contributed by atoms with Gasteiger partial charge in [0.2, 0.25) is 0 Å². The molecule has 5 heteroatoms. The summed E-state index contributed by atoms with van der Waals surface area (Å²) in [4.78, 5) is 13.6. The number of hydrogen-bond donors (Lipinski definition) is 0. The van der Waals surface area contributed by atoms with Gasteiger partial charge in [-0.3, -0.25) is 9.48 Å². The van der Waals surface area contributed by atoms with Crippen LogP contribution in [0.3, 0.4) is 0 Å². The molecule has 2 heterocycles. The standard InChI is InChI=1S/C9H12N4O/c1-12-7-8(10-11-12)9(14)13-5-3-2-4-6-13/h2-3,7H,4-6H2,1H3. The molecular weight excluding hydrogens is 180 g/mol. The molecule has 0 radical (unpaired) electrons. The number of amides is 1. The summed E-state index contributed by atoms with van der Waals surface area (Å²) in [6.45, 7) is 1.45. The molecule has 14 heavy (non-hydrogen) atoms. The molecule has 1 amide bonds. The van der Waals surface area contributed by atoms with E-state index in [2.05, 4.69) is 16.4 Å². The predicted molar refractivity (Wildman–Crippen MR) is 50.7 cm³/mol. The van der Waals surface area contributed by atoms with Crippen molar-refractivity contribution in [1.29, 1.82) is 0 Å². The minimum absolute atomic E-state index is 0.0394. The summed E-state index contributed by atoms with van der Waals surface area (Å²) >= 11 is 0. The van der Waals surface area contributed by atoms with E-state index in [0.717, 1.165) is 13.0 Å². The van der Waals surface area contributed by atoms with Crippen LogP contribution in [0.1, 0.15) is 16.9 Å². The Labute approximate surface area is 82.0 Å². The van der Waals surface area contributed by atoms with Crippen LogP contribution in [0.5, 0.6) is 0 Å². The van der Waals surface area contributed by atoms with E-state index in [9.17, 15) is 4.79 Å². The molecule has 0 unspecified atom stereocenters. The van der Waals surface area contributed by atoms with Crippen molar-refractivity contribution >= 4 is 5.91 Å². The first-order valence-corrected chi connectivity index (χ1v) is 4.58. The Kier molecular flexibility index (Phi) is 2.30. The number of nitrogens with zero attached hydrogens (tertiary/aromatic N) is 4. The highest BCUT2D eigenvalue weighted by molar-refractivity contribution is 5.92.